The summed E-state index contributed by atoms with van der Waals surface area (Å²) < 4.78 is 6.87. The molecule has 0 bridgehead atoms. The number of hydrogen-bond donors (Lipinski definition) is 1. The first-order chi connectivity index (χ1) is 13.4. The molecule has 3 rings (SSSR count). The third kappa shape index (κ3) is 4.78. The first-order valence-electron chi connectivity index (χ1n) is 8.77. The number of carbonyl (C=O) groups is 2. The molecule has 1 atom stereocenters. The zero-order valence-corrected chi connectivity index (χ0v) is 16.3. The fraction of sp³-hybridized carbons (Fsp3) is 0.190. The van der Waals surface area contributed by atoms with Gasteiger partial charge in [-0.3, -0.25) is 4.79 Å². The molecule has 7 heteroatoms. The molecule has 1 heterocycles. The first-order valence-corrected chi connectivity index (χ1v) is 9.15. The topological polar surface area (TPSA) is 73.2 Å². The number of hydrogen-bond acceptors (Lipinski definition) is 4. The van der Waals surface area contributed by atoms with E-state index in [1.807, 2.05) is 32.0 Å². The van der Waals surface area contributed by atoms with E-state index in [1.54, 1.807) is 47.3 Å². The van der Waals surface area contributed by atoms with E-state index in [2.05, 4.69) is 10.4 Å². The van der Waals surface area contributed by atoms with Gasteiger partial charge in [0.05, 0.1) is 17.3 Å². The number of ether oxygens (including phenoxy) is 1. The van der Waals surface area contributed by atoms with Crippen molar-refractivity contribution >= 4 is 23.5 Å². The van der Waals surface area contributed by atoms with Crippen LogP contribution in [0.25, 0.3) is 5.69 Å². The molecule has 0 aliphatic heterocycles. The van der Waals surface area contributed by atoms with Crippen LogP contribution in [0, 0.1) is 6.92 Å². The molecule has 0 spiro atoms. The molecule has 2 aromatic carbocycles. The Morgan fingerprint density at radius 3 is 2.57 bits per heavy atom. The Morgan fingerprint density at radius 1 is 1.18 bits per heavy atom. The van der Waals surface area contributed by atoms with Crippen molar-refractivity contribution in [3.8, 4) is 5.69 Å². The summed E-state index contributed by atoms with van der Waals surface area (Å²) in [6, 6.07) is 15.7. The fourth-order valence-electron chi connectivity index (χ4n) is 2.74. The summed E-state index contributed by atoms with van der Waals surface area (Å²) in [5, 5.41) is 7.59. The van der Waals surface area contributed by atoms with Crippen LogP contribution in [-0.4, -0.2) is 28.3 Å². The average Bonchev–Trinajstić information content (AvgIpc) is 3.12. The lowest BCUT2D eigenvalue weighted by molar-refractivity contribution is -0.124. The van der Waals surface area contributed by atoms with Crippen molar-refractivity contribution < 1.29 is 14.3 Å². The van der Waals surface area contributed by atoms with E-state index in [4.69, 9.17) is 16.3 Å². The quantitative estimate of drug-likeness (QED) is 0.641. The molecule has 6 nitrogen and oxygen atoms in total. The third-order valence-electron chi connectivity index (χ3n) is 4.24. The normalized spacial score (nSPS) is 11.7. The highest BCUT2D eigenvalue weighted by Crippen LogP contribution is 2.17. The maximum Gasteiger partial charge on any atom is 0.338 e. The van der Waals surface area contributed by atoms with Gasteiger partial charge >= 0.3 is 5.97 Å². The van der Waals surface area contributed by atoms with Crippen LogP contribution in [0.15, 0.2) is 60.8 Å². The lowest BCUT2D eigenvalue weighted by atomic mass is 10.1. The van der Waals surface area contributed by atoms with Crippen molar-refractivity contribution in [3.63, 3.8) is 0 Å². The standard InChI is InChI=1S/C21H20ClN3O3/c1-14-10-11-23-25(14)19-8-6-16(7-9-19)21(27)28-13-20(26)24-15(2)17-4-3-5-18(22)12-17/h3-12,15H,13H2,1-2H3,(H,24,26)/t15-/m1/s1. The molecule has 1 amide bonds. The van der Waals surface area contributed by atoms with Gasteiger partial charge in [0.25, 0.3) is 5.91 Å². The molecule has 1 aromatic heterocycles. The smallest absolute Gasteiger partial charge is 0.338 e. The van der Waals surface area contributed by atoms with Gasteiger partial charge in [-0.1, -0.05) is 23.7 Å². The number of esters is 1. The maximum absolute atomic E-state index is 12.2. The summed E-state index contributed by atoms with van der Waals surface area (Å²) in [6.07, 6.45) is 1.71. The number of halogens is 1. The summed E-state index contributed by atoms with van der Waals surface area (Å²) in [5.41, 5.74) is 3.06. The number of aryl methyl sites for hydroxylation is 1. The van der Waals surface area contributed by atoms with Crippen LogP contribution in [-0.2, 0) is 9.53 Å². The van der Waals surface area contributed by atoms with Crippen molar-refractivity contribution in [3.05, 3.63) is 82.6 Å². The largest absolute Gasteiger partial charge is 0.452 e. The average molecular weight is 398 g/mol. The van der Waals surface area contributed by atoms with Gasteiger partial charge in [0, 0.05) is 16.9 Å². The zero-order valence-electron chi connectivity index (χ0n) is 15.6. The molecule has 0 aliphatic carbocycles. The van der Waals surface area contributed by atoms with E-state index >= 15 is 0 Å². The summed E-state index contributed by atoms with van der Waals surface area (Å²) in [5.74, 6) is -0.945. The lowest BCUT2D eigenvalue weighted by Crippen LogP contribution is -2.31. The molecule has 28 heavy (non-hydrogen) atoms. The summed E-state index contributed by atoms with van der Waals surface area (Å²) in [4.78, 5) is 24.2. The number of amides is 1. The minimum Gasteiger partial charge on any atom is -0.452 e. The van der Waals surface area contributed by atoms with Crippen molar-refractivity contribution in [2.75, 3.05) is 6.61 Å². The summed E-state index contributed by atoms with van der Waals surface area (Å²) in [6.45, 7) is 3.42. The number of nitrogens with one attached hydrogen (secondary N) is 1. The predicted octanol–water partition coefficient (Wildman–Crippen LogP) is 3.87. The van der Waals surface area contributed by atoms with E-state index in [1.165, 1.54) is 0 Å². The van der Waals surface area contributed by atoms with Gasteiger partial charge in [0.2, 0.25) is 0 Å². The van der Waals surface area contributed by atoms with Crippen LogP contribution in [0.1, 0.15) is 34.6 Å². The van der Waals surface area contributed by atoms with Crippen LogP contribution in [0.4, 0.5) is 0 Å². The maximum atomic E-state index is 12.2. The number of rotatable bonds is 6. The first kappa shape index (κ1) is 19.6. The van der Waals surface area contributed by atoms with E-state index in [-0.39, 0.29) is 18.6 Å². The molecule has 0 saturated heterocycles. The van der Waals surface area contributed by atoms with E-state index in [0.29, 0.717) is 10.6 Å². The zero-order chi connectivity index (χ0) is 20.1. The monoisotopic (exact) mass is 397 g/mol. The van der Waals surface area contributed by atoms with E-state index in [0.717, 1.165) is 16.9 Å². The predicted molar refractivity (Wildman–Crippen MR) is 107 cm³/mol. The van der Waals surface area contributed by atoms with Crippen LogP contribution < -0.4 is 5.32 Å². The van der Waals surface area contributed by atoms with Gasteiger partial charge in [0.1, 0.15) is 0 Å². The second-order valence-electron chi connectivity index (χ2n) is 6.35. The highest BCUT2D eigenvalue weighted by atomic mass is 35.5. The third-order valence-corrected chi connectivity index (χ3v) is 4.48. The van der Waals surface area contributed by atoms with Crippen LogP contribution in [0.3, 0.4) is 0 Å². The van der Waals surface area contributed by atoms with Gasteiger partial charge in [-0.15, -0.1) is 0 Å². The molecule has 144 valence electrons. The SMILES string of the molecule is Cc1ccnn1-c1ccc(C(=O)OCC(=O)N[C@H](C)c2cccc(Cl)c2)cc1. The van der Waals surface area contributed by atoms with Gasteiger partial charge in [-0.05, 0) is 61.9 Å². The molecule has 0 unspecified atom stereocenters. The number of benzene rings is 2. The van der Waals surface area contributed by atoms with Gasteiger partial charge < -0.3 is 10.1 Å². The Bertz CT molecular complexity index is 983. The molecular formula is C21H20ClN3O3. The van der Waals surface area contributed by atoms with E-state index < -0.39 is 5.97 Å². The van der Waals surface area contributed by atoms with E-state index in [9.17, 15) is 9.59 Å². The Labute approximate surface area is 168 Å². The number of nitrogens with zero attached hydrogens (tertiary/aromatic N) is 2. The summed E-state index contributed by atoms with van der Waals surface area (Å²) >= 11 is 5.96. The summed E-state index contributed by atoms with van der Waals surface area (Å²) in [7, 11) is 0. The Balaban J connectivity index is 1.53. The van der Waals surface area contributed by atoms with Crippen LogP contribution >= 0.6 is 11.6 Å². The van der Waals surface area contributed by atoms with Gasteiger partial charge in [0.15, 0.2) is 6.61 Å². The van der Waals surface area contributed by atoms with Crippen molar-refractivity contribution in [2.24, 2.45) is 0 Å². The molecule has 0 aliphatic rings. The fourth-order valence-corrected chi connectivity index (χ4v) is 2.93. The van der Waals surface area contributed by atoms with Crippen molar-refractivity contribution in [1.29, 1.82) is 0 Å². The van der Waals surface area contributed by atoms with Gasteiger partial charge in [-0.2, -0.15) is 5.10 Å². The number of carbonyl (C=O) groups excluding carboxylic acids is 2. The number of aromatic nitrogens is 2. The molecule has 0 fully saturated rings. The second kappa shape index (κ2) is 8.71. The van der Waals surface area contributed by atoms with Gasteiger partial charge in [-0.25, -0.2) is 9.48 Å². The molecular weight excluding hydrogens is 378 g/mol. The second-order valence-corrected chi connectivity index (χ2v) is 6.79. The Kier molecular flexibility index (Phi) is 6.11. The minimum atomic E-state index is -0.561. The molecule has 0 radical (unpaired) electrons. The van der Waals surface area contributed by atoms with Crippen molar-refractivity contribution in [2.45, 2.75) is 19.9 Å². The highest BCUT2D eigenvalue weighted by Gasteiger charge is 2.14. The van der Waals surface area contributed by atoms with Crippen LogP contribution in [0.5, 0.6) is 0 Å². The molecule has 3 aromatic rings. The molecule has 0 saturated carbocycles. The molecule has 1 N–H and O–H groups in total. The van der Waals surface area contributed by atoms with Crippen LogP contribution in [0.2, 0.25) is 5.02 Å². The Hall–Kier alpha value is -3.12. The lowest BCUT2D eigenvalue weighted by Gasteiger charge is -2.14. The highest BCUT2D eigenvalue weighted by molar-refractivity contribution is 6.30. The minimum absolute atomic E-state index is 0.249. The van der Waals surface area contributed by atoms with Crippen molar-refractivity contribution in [1.82, 2.24) is 15.1 Å². The Morgan fingerprint density at radius 2 is 1.93 bits per heavy atom.